The molecule has 2 heterocycles. The van der Waals surface area contributed by atoms with Gasteiger partial charge in [-0.15, -0.1) is 0 Å². The molecule has 0 spiro atoms. The normalized spacial score (nSPS) is 10.9. The van der Waals surface area contributed by atoms with Crippen LogP contribution in [0.2, 0.25) is 5.02 Å². The molecule has 168 valence electrons. The van der Waals surface area contributed by atoms with Crippen LogP contribution in [-0.4, -0.2) is 26.2 Å². The summed E-state index contributed by atoms with van der Waals surface area (Å²) in [5.74, 6) is 0.740. The molecule has 0 saturated heterocycles. The van der Waals surface area contributed by atoms with Crippen LogP contribution in [0, 0.1) is 0 Å². The molecule has 2 aromatic carbocycles. The van der Waals surface area contributed by atoms with E-state index in [9.17, 15) is 9.59 Å². The van der Waals surface area contributed by atoms with Gasteiger partial charge in [0.1, 0.15) is 0 Å². The van der Waals surface area contributed by atoms with Crippen molar-refractivity contribution in [3.63, 3.8) is 0 Å². The third-order valence-corrected chi connectivity index (χ3v) is 6.29. The number of rotatable bonds is 9. The van der Waals surface area contributed by atoms with E-state index in [2.05, 4.69) is 10.3 Å². The lowest BCUT2D eigenvalue weighted by molar-refractivity contribution is -0.121. The number of hydrogen-bond acceptors (Lipinski definition) is 5. The van der Waals surface area contributed by atoms with Crippen LogP contribution < -0.4 is 10.9 Å². The Kier molecular flexibility index (Phi) is 7.75. The Bertz CT molecular complexity index is 1310. The van der Waals surface area contributed by atoms with E-state index in [0.29, 0.717) is 39.7 Å². The average molecular weight is 479 g/mol. The van der Waals surface area contributed by atoms with Crippen LogP contribution in [0.5, 0.6) is 0 Å². The number of amides is 1. The number of hydrogen-bond donors (Lipinski definition) is 1. The summed E-state index contributed by atoms with van der Waals surface area (Å²) in [5, 5.41) is 4.62. The predicted molar refractivity (Wildman–Crippen MR) is 133 cm³/mol. The number of thioether (sulfide) groups is 1. The van der Waals surface area contributed by atoms with Gasteiger partial charge in [-0.2, -0.15) is 0 Å². The maximum Gasteiger partial charge on any atom is 0.266 e. The lowest BCUT2D eigenvalue weighted by Crippen LogP contribution is -2.23. The maximum atomic E-state index is 13.2. The van der Waals surface area contributed by atoms with Crippen LogP contribution in [-0.2, 0) is 11.3 Å². The van der Waals surface area contributed by atoms with Crippen molar-refractivity contribution in [3.05, 3.63) is 94.0 Å². The lowest BCUT2D eigenvalue weighted by atomic mass is 10.2. The third kappa shape index (κ3) is 6.00. The zero-order valence-electron chi connectivity index (χ0n) is 17.9. The SMILES string of the molecule is O=C(CCCCSc1nc2ccccc2c(=O)n1-c1cccc(Cl)c1)NCc1ccccn1. The van der Waals surface area contributed by atoms with E-state index in [1.807, 2.05) is 48.5 Å². The van der Waals surface area contributed by atoms with E-state index in [1.165, 1.54) is 11.8 Å². The summed E-state index contributed by atoms with van der Waals surface area (Å²) < 4.78 is 1.61. The fourth-order valence-electron chi connectivity index (χ4n) is 3.38. The molecule has 6 nitrogen and oxygen atoms in total. The standard InChI is InChI=1S/C25H23ClN4O2S/c26-18-8-7-10-20(16-18)30-24(32)21-11-1-2-12-22(21)29-25(30)33-15-6-4-13-23(31)28-17-19-9-3-5-14-27-19/h1-3,5,7-12,14,16H,4,6,13,15,17H2,(H,28,31). The van der Waals surface area contributed by atoms with Gasteiger partial charge in [-0.05, 0) is 55.3 Å². The molecule has 0 aliphatic rings. The quantitative estimate of drug-likeness (QED) is 0.208. The van der Waals surface area contributed by atoms with Crippen LogP contribution in [0.3, 0.4) is 0 Å². The van der Waals surface area contributed by atoms with E-state index >= 15 is 0 Å². The molecule has 1 amide bonds. The minimum absolute atomic E-state index is 0.00493. The first-order valence-electron chi connectivity index (χ1n) is 10.7. The Labute approximate surface area is 201 Å². The van der Waals surface area contributed by atoms with Crippen molar-refractivity contribution >= 4 is 40.2 Å². The van der Waals surface area contributed by atoms with Crippen molar-refractivity contribution in [3.8, 4) is 5.69 Å². The molecular weight excluding hydrogens is 456 g/mol. The number of benzene rings is 2. The highest BCUT2D eigenvalue weighted by molar-refractivity contribution is 7.99. The van der Waals surface area contributed by atoms with Gasteiger partial charge in [0.15, 0.2) is 5.16 Å². The Morgan fingerprint density at radius 3 is 2.70 bits per heavy atom. The fourth-order valence-corrected chi connectivity index (χ4v) is 4.58. The largest absolute Gasteiger partial charge is 0.350 e. The Morgan fingerprint density at radius 1 is 1.03 bits per heavy atom. The minimum atomic E-state index is -0.126. The Morgan fingerprint density at radius 2 is 1.88 bits per heavy atom. The second kappa shape index (κ2) is 11.1. The number of para-hydroxylation sites is 1. The molecule has 0 unspecified atom stereocenters. The monoisotopic (exact) mass is 478 g/mol. The first-order valence-corrected chi connectivity index (χ1v) is 12.1. The van der Waals surface area contributed by atoms with Gasteiger partial charge in [-0.25, -0.2) is 4.98 Å². The van der Waals surface area contributed by atoms with Crippen molar-refractivity contribution < 1.29 is 4.79 Å². The molecule has 0 aliphatic carbocycles. The zero-order chi connectivity index (χ0) is 23.0. The molecular formula is C25H23ClN4O2S. The molecule has 33 heavy (non-hydrogen) atoms. The predicted octanol–water partition coefficient (Wildman–Crippen LogP) is 5.01. The molecule has 4 rings (SSSR count). The smallest absolute Gasteiger partial charge is 0.266 e. The van der Waals surface area contributed by atoms with Crippen molar-refractivity contribution in [2.75, 3.05) is 5.75 Å². The molecule has 0 radical (unpaired) electrons. The van der Waals surface area contributed by atoms with Gasteiger partial charge in [0.2, 0.25) is 5.91 Å². The fraction of sp³-hybridized carbons (Fsp3) is 0.200. The molecule has 4 aromatic rings. The second-order valence-electron chi connectivity index (χ2n) is 7.44. The van der Waals surface area contributed by atoms with Crippen molar-refractivity contribution in [1.82, 2.24) is 19.9 Å². The highest BCUT2D eigenvalue weighted by atomic mass is 35.5. The zero-order valence-corrected chi connectivity index (χ0v) is 19.5. The average Bonchev–Trinajstić information content (AvgIpc) is 2.83. The summed E-state index contributed by atoms with van der Waals surface area (Å²) in [6.45, 7) is 0.432. The first-order chi connectivity index (χ1) is 16.1. The summed E-state index contributed by atoms with van der Waals surface area (Å²) in [5.41, 5.74) is 2.06. The molecule has 8 heteroatoms. The van der Waals surface area contributed by atoms with Crippen LogP contribution in [0.15, 0.2) is 82.9 Å². The molecule has 0 bridgehead atoms. The van der Waals surface area contributed by atoms with Gasteiger partial charge in [0.25, 0.3) is 5.56 Å². The summed E-state index contributed by atoms with van der Waals surface area (Å²) >= 11 is 7.68. The summed E-state index contributed by atoms with van der Waals surface area (Å²) in [6, 6.07) is 20.2. The number of aromatic nitrogens is 3. The number of carbonyl (C=O) groups is 1. The maximum absolute atomic E-state index is 13.2. The van der Waals surface area contributed by atoms with E-state index in [0.717, 1.165) is 24.3 Å². The molecule has 0 saturated carbocycles. The minimum Gasteiger partial charge on any atom is -0.350 e. The van der Waals surface area contributed by atoms with Crippen molar-refractivity contribution in [2.24, 2.45) is 0 Å². The highest BCUT2D eigenvalue weighted by Gasteiger charge is 2.13. The number of fused-ring (bicyclic) bond motifs is 1. The topological polar surface area (TPSA) is 76.9 Å². The van der Waals surface area contributed by atoms with Gasteiger partial charge in [0, 0.05) is 23.4 Å². The van der Waals surface area contributed by atoms with E-state index in [-0.39, 0.29) is 11.5 Å². The Balaban J connectivity index is 1.39. The number of pyridine rings is 1. The van der Waals surface area contributed by atoms with Gasteiger partial charge >= 0.3 is 0 Å². The van der Waals surface area contributed by atoms with Crippen LogP contribution in [0.4, 0.5) is 0 Å². The molecule has 0 fully saturated rings. The van der Waals surface area contributed by atoms with Crippen LogP contribution in [0.25, 0.3) is 16.6 Å². The van der Waals surface area contributed by atoms with Gasteiger partial charge < -0.3 is 5.32 Å². The van der Waals surface area contributed by atoms with Crippen molar-refractivity contribution in [2.45, 2.75) is 31.0 Å². The number of carbonyl (C=O) groups excluding carboxylic acids is 1. The highest BCUT2D eigenvalue weighted by Crippen LogP contribution is 2.24. The van der Waals surface area contributed by atoms with Crippen LogP contribution >= 0.6 is 23.4 Å². The molecule has 2 aromatic heterocycles. The summed E-state index contributed by atoms with van der Waals surface area (Å²) in [6.07, 6.45) is 3.72. The van der Waals surface area contributed by atoms with Crippen LogP contribution in [0.1, 0.15) is 25.0 Å². The first kappa shape index (κ1) is 23.0. The summed E-state index contributed by atoms with van der Waals surface area (Å²) in [4.78, 5) is 34.3. The van der Waals surface area contributed by atoms with Gasteiger partial charge in [0.05, 0.1) is 28.8 Å². The second-order valence-corrected chi connectivity index (χ2v) is 8.93. The van der Waals surface area contributed by atoms with Crippen molar-refractivity contribution in [1.29, 1.82) is 0 Å². The molecule has 1 N–H and O–H groups in total. The van der Waals surface area contributed by atoms with E-state index in [1.54, 1.807) is 29.0 Å². The van der Waals surface area contributed by atoms with E-state index < -0.39 is 0 Å². The van der Waals surface area contributed by atoms with Gasteiger partial charge in [-0.3, -0.25) is 19.1 Å². The third-order valence-electron chi connectivity index (χ3n) is 5.03. The number of halogens is 1. The number of nitrogens with zero attached hydrogens (tertiary/aromatic N) is 3. The van der Waals surface area contributed by atoms with Gasteiger partial charge in [-0.1, -0.05) is 47.6 Å². The number of unbranched alkanes of at least 4 members (excludes halogenated alkanes) is 1. The number of nitrogens with one attached hydrogen (secondary N) is 1. The Hall–Kier alpha value is -3.16. The van der Waals surface area contributed by atoms with E-state index in [4.69, 9.17) is 16.6 Å². The lowest BCUT2D eigenvalue weighted by Gasteiger charge is -2.13. The molecule has 0 aliphatic heterocycles. The molecule has 0 atom stereocenters. The summed E-state index contributed by atoms with van der Waals surface area (Å²) in [7, 11) is 0.